The van der Waals surface area contributed by atoms with E-state index < -0.39 is 0 Å². The Hall–Kier alpha value is -3.67. The molecule has 3 rings (SSSR count). The zero-order chi connectivity index (χ0) is 22.7. The predicted octanol–water partition coefficient (Wildman–Crippen LogP) is 1.68. The summed E-state index contributed by atoms with van der Waals surface area (Å²) in [5, 5.41) is 34.1. The zero-order valence-electron chi connectivity index (χ0n) is 18.2. The van der Waals surface area contributed by atoms with Crippen LogP contribution in [0.5, 0.6) is 0 Å². The molecule has 0 fully saturated rings. The maximum atomic E-state index is 9.14. The minimum atomic E-state index is -0.0707. The van der Waals surface area contributed by atoms with Crippen molar-refractivity contribution in [2.75, 3.05) is 41.8 Å². The fourth-order valence-electron chi connectivity index (χ4n) is 3.18. The number of anilines is 5. The van der Waals surface area contributed by atoms with E-state index in [9.17, 15) is 0 Å². The number of hydrazone groups is 1. The highest BCUT2D eigenvalue weighted by Gasteiger charge is 2.25. The number of amidine groups is 1. The van der Waals surface area contributed by atoms with Crippen LogP contribution < -0.4 is 22.1 Å². The second kappa shape index (κ2) is 9.00. The lowest BCUT2D eigenvalue weighted by molar-refractivity contribution is 0.311. The molecular weight excluding hydrogens is 398 g/mol. The molecular formula is C19H29N11O. The van der Waals surface area contributed by atoms with Crippen LogP contribution in [0.1, 0.15) is 26.5 Å². The molecule has 166 valence electrons. The molecule has 1 aliphatic rings. The average Bonchev–Trinajstić information content (AvgIpc) is 3.18. The molecule has 0 spiro atoms. The molecule has 0 aromatic carbocycles. The molecule has 1 aliphatic heterocycles. The molecule has 12 heteroatoms. The number of hydrogen-bond acceptors (Lipinski definition) is 10. The highest BCUT2D eigenvalue weighted by atomic mass is 16.3. The van der Waals surface area contributed by atoms with Gasteiger partial charge in [-0.3, -0.25) is 5.41 Å². The lowest BCUT2D eigenvalue weighted by Crippen LogP contribution is -2.26. The molecule has 0 saturated heterocycles. The van der Waals surface area contributed by atoms with Gasteiger partial charge < -0.3 is 27.2 Å². The first-order valence-corrected chi connectivity index (χ1v) is 10.1. The summed E-state index contributed by atoms with van der Waals surface area (Å²) in [7, 11) is 0. The molecule has 0 radical (unpaired) electrons. The van der Waals surface area contributed by atoms with Gasteiger partial charge in [-0.15, -0.1) is 0 Å². The number of rotatable bonds is 8. The number of pyridine rings is 1. The monoisotopic (exact) mass is 427 g/mol. The summed E-state index contributed by atoms with van der Waals surface area (Å²) in [4.78, 5) is 9.17. The van der Waals surface area contributed by atoms with E-state index in [-0.39, 0.29) is 19.0 Å². The van der Waals surface area contributed by atoms with Crippen molar-refractivity contribution in [2.24, 2.45) is 10.1 Å². The average molecular weight is 428 g/mol. The minimum Gasteiger partial charge on any atom is -0.396 e. The van der Waals surface area contributed by atoms with Crippen molar-refractivity contribution in [2.45, 2.75) is 34.2 Å². The van der Waals surface area contributed by atoms with Gasteiger partial charge in [0.25, 0.3) is 0 Å². The van der Waals surface area contributed by atoms with Gasteiger partial charge in [0.1, 0.15) is 17.2 Å². The fourth-order valence-corrected chi connectivity index (χ4v) is 3.18. The number of nitrogen functional groups attached to an aromatic ring is 2. The minimum absolute atomic E-state index is 0.0707. The van der Waals surface area contributed by atoms with Gasteiger partial charge in [0.05, 0.1) is 29.4 Å². The normalized spacial score (nSPS) is 15.0. The first-order chi connectivity index (χ1) is 14.8. The van der Waals surface area contributed by atoms with Crippen molar-refractivity contribution in [3.05, 3.63) is 11.8 Å². The summed E-state index contributed by atoms with van der Waals surface area (Å²) >= 11 is 0. The van der Waals surface area contributed by atoms with Crippen LogP contribution >= 0.6 is 0 Å². The topological polar surface area (TPSA) is 179 Å². The molecule has 0 atom stereocenters. The van der Waals surface area contributed by atoms with E-state index in [1.807, 2.05) is 20.8 Å². The Kier molecular flexibility index (Phi) is 6.39. The Balaban J connectivity index is 2.10. The van der Waals surface area contributed by atoms with Crippen molar-refractivity contribution in [3.63, 3.8) is 0 Å². The highest BCUT2D eigenvalue weighted by Crippen LogP contribution is 2.35. The van der Waals surface area contributed by atoms with Gasteiger partial charge in [0.2, 0.25) is 0 Å². The van der Waals surface area contributed by atoms with Crippen LogP contribution in [0.2, 0.25) is 0 Å². The Morgan fingerprint density at radius 2 is 1.97 bits per heavy atom. The van der Waals surface area contributed by atoms with E-state index in [1.165, 1.54) is 0 Å². The van der Waals surface area contributed by atoms with Gasteiger partial charge in [-0.2, -0.15) is 10.2 Å². The van der Waals surface area contributed by atoms with Crippen LogP contribution in [0.15, 0.2) is 16.2 Å². The third kappa shape index (κ3) is 4.28. The number of nitrogens with two attached hydrogens (primary N) is 2. The smallest absolute Gasteiger partial charge is 0.178 e. The summed E-state index contributed by atoms with van der Waals surface area (Å²) in [5.41, 5.74) is 15.7. The van der Waals surface area contributed by atoms with Crippen LogP contribution in [0.3, 0.4) is 0 Å². The summed E-state index contributed by atoms with van der Waals surface area (Å²) in [6.07, 6.45) is 0. The van der Waals surface area contributed by atoms with Crippen LogP contribution in [0.25, 0.3) is 0 Å². The number of aliphatic hydroxyl groups is 1. The lowest BCUT2D eigenvalue weighted by atomic mass is 10.2. The lowest BCUT2D eigenvalue weighted by Gasteiger charge is -2.15. The fraction of sp³-hybridized carbons (Fsp3) is 0.421. The van der Waals surface area contributed by atoms with Gasteiger partial charge in [-0.05, 0) is 33.8 Å². The van der Waals surface area contributed by atoms with Crippen molar-refractivity contribution in [1.82, 2.24) is 19.8 Å². The SMILES string of the molecule is CCN1N=C(C)C(=Nc2nc(NCCO)c(N)cc2Nc2c(C)nn(CC)c2N)C1=N. The standard InChI is InChI=1S/C19H29N11O/c1-5-29-16(21)14(10(3)27-29)24-13-9-12(20)18(23-7-8-31)26-19(13)25-15-11(4)28-30(6-2)17(15)22/h9,22,24,31H,5-8,20-21H2,1-4H3,(H,23,26). The number of nitrogens with one attached hydrogen (secondary N) is 3. The van der Waals surface area contributed by atoms with E-state index >= 15 is 0 Å². The van der Waals surface area contributed by atoms with E-state index in [0.717, 1.165) is 5.69 Å². The summed E-state index contributed by atoms with van der Waals surface area (Å²) < 4.78 is 1.69. The summed E-state index contributed by atoms with van der Waals surface area (Å²) in [6.45, 7) is 8.93. The van der Waals surface area contributed by atoms with Crippen LogP contribution in [-0.2, 0) is 6.54 Å². The molecule has 12 nitrogen and oxygen atoms in total. The first-order valence-electron chi connectivity index (χ1n) is 10.1. The second-order valence-corrected chi connectivity index (χ2v) is 6.94. The van der Waals surface area contributed by atoms with Crippen molar-refractivity contribution >= 4 is 51.8 Å². The van der Waals surface area contributed by atoms with Gasteiger partial charge in [-0.25, -0.2) is 19.7 Å². The van der Waals surface area contributed by atoms with Crippen LogP contribution in [0, 0.1) is 12.3 Å². The third-order valence-electron chi connectivity index (χ3n) is 4.78. The molecule has 0 bridgehead atoms. The number of aliphatic imine (C=N–C) groups is 1. The number of aliphatic hydroxyl groups excluding tert-OH is 1. The quantitative estimate of drug-likeness (QED) is 0.368. The molecule has 2 aromatic heterocycles. The first kappa shape index (κ1) is 22.0. The number of aryl methyl sites for hydroxylation is 2. The number of aromatic nitrogens is 3. The predicted molar refractivity (Wildman–Crippen MR) is 125 cm³/mol. The maximum Gasteiger partial charge on any atom is 0.178 e. The summed E-state index contributed by atoms with van der Waals surface area (Å²) in [5.74, 6) is 1.39. The molecule has 31 heavy (non-hydrogen) atoms. The second-order valence-electron chi connectivity index (χ2n) is 6.94. The molecule has 3 heterocycles. The Morgan fingerprint density at radius 3 is 2.55 bits per heavy atom. The highest BCUT2D eigenvalue weighted by molar-refractivity contribution is 6.69. The molecule has 0 saturated carbocycles. The number of nitrogens with zero attached hydrogens (tertiary/aromatic N) is 6. The Labute approximate surface area is 180 Å². The summed E-state index contributed by atoms with van der Waals surface area (Å²) in [6, 6.07) is 1.69. The Bertz CT molecular complexity index is 1050. The van der Waals surface area contributed by atoms with Gasteiger partial charge in [0.15, 0.2) is 17.5 Å². The zero-order valence-corrected chi connectivity index (χ0v) is 18.2. The van der Waals surface area contributed by atoms with Gasteiger partial charge >= 0.3 is 0 Å². The van der Waals surface area contributed by atoms with E-state index in [2.05, 4.69) is 30.8 Å². The van der Waals surface area contributed by atoms with E-state index in [4.69, 9.17) is 22.0 Å². The third-order valence-corrected chi connectivity index (χ3v) is 4.78. The molecule has 2 aromatic rings. The van der Waals surface area contributed by atoms with Crippen molar-refractivity contribution in [3.8, 4) is 0 Å². The van der Waals surface area contributed by atoms with Crippen LogP contribution in [-0.4, -0.2) is 61.8 Å². The molecule has 0 amide bonds. The molecule has 0 aliphatic carbocycles. The molecule has 8 N–H and O–H groups in total. The van der Waals surface area contributed by atoms with Gasteiger partial charge in [0, 0.05) is 19.6 Å². The number of hydrogen-bond donors (Lipinski definition) is 6. The van der Waals surface area contributed by atoms with Crippen molar-refractivity contribution in [1.29, 1.82) is 5.41 Å². The van der Waals surface area contributed by atoms with E-state index in [0.29, 0.717) is 59.0 Å². The largest absolute Gasteiger partial charge is 0.396 e. The Morgan fingerprint density at radius 1 is 1.23 bits per heavy atom. The van der Waals surface area contributed by atoms with E-state index in [1.54, 1.807) is 22.7 Å². The van der Waals surface area contributed by atoms with Crippen LogP contribution in [0.4, 0.5) is 34.5 Å². The van der Waals surface area contributed by atoms with Gasteiger partial charge in [-0.1, -0.05) is 0 Å². The van der Waals surface area contributed by atoms with Crippen molar-refractivity contribution < 1.29 is 5.11 Å². The maximum absolute atomic E-state index is 9.14. The molecule has 0 unspecified atom stereocenters.